The number of phosphoric ester groups is 1. The van der Waals surface area contributed by atoms with Crippen LogP contribution in [0.3, 0.4) is 0 Å². The minimum Gasteiger partial charge on any atom is -0.462 e. The van der Waals surface area contributed by atoms with Crippen LogP contribution in [0.2, 0.25) is 0 Å². The van der Waals surface area contributed by atoms with Gasteiger partial charge >= 0.3 is 19.8 Å². The number of phosphoric acid groups is 1. The third-order valence-electron chi connectivity index (χ3n) is 7.01. The van der Waals surface area contributed by atoms with Crippen LogP contribution in [0.1, 0.15) is 123 Å². The first-order chi connectivity index (χ1) is 23.7. The number of unbranched alkanes of at least 4 members (excludes halogenated alkanes) is 6. The second-order valence-corrected chi connectivity index (χ2v) is 12.9. The first-order valence-electron chi connectivity index (χ1n) is 18.0. The highest BCUT2D eigenvalue weighted by atomic mass is 31.2. The van der Waals surface area contributed by atoms with E-state index in [4.69, 9.17) is 19.3 Å². The van der Waals surface area contributed by atoms with E-state index >= 15 is 0 Å². The highest BCUT2D eigenvalue weighted by Crippen LogP contribution is 2.35. The molecule has 10 heteroatoms. The van der Waals surface area contributed by atoms with Gasteiger partial charge in [0.15, 0.2) is 6.10 Å². The lowest BCUT2D eigenvalue weighted by Gasteiger charge is -2.18. The molecule has 0 radical (unpaired) electrons. The van der Waals surface area contributed by atoms with Crippen molar-refractivity contribution in [2.75, 3.05) is 13.2 Å². The summed E-state index contributed by atoms with van der Waals surface area (Å²) >= 11 is 0. The molecule has 0 aromatic heterocycles. The maximum atomic E-state index is 12.3. The SMILES string of the molecule is CC/C=C\C/C=C\C/C=C\C/C=C\CCCCC(=O)O[C@H](COC(=O)CCCCCCCC(O)/C=C/C=C/C/C=C/CC)COP(=O)(O)O. The minimum absolute atomic E-state index is 0.134. The van der Waals surface area contributed by atoms with Gasteiger partial charge in [-0.1, -0.05) is 125 Å². The molecule has 0 aliphatic heterocycles. The Morgan fingerprint density at radius 3 is 1.80 bits per heavy atom. The Morgan fingerprint density at radius 2 is 1.16 bits per heavy atom. The van der Waals surface area contributed by atoms with Gasteiger partial charge in [0.05, 0.1) is 12.7 Å². The largest absolute Gasteiger partial charge is 0.469 e. The Morgan fingerprint density at radius 1 is 0.633 bits per heavy atom. The molecule has 0 fully saturated rings. The van der Waals surface area contributed by atoms with Crippen LogP contribution in [0.15, 0.2) is 85.1 Å². The van der Waals surface area contributed by atoms with Crippen LogP contribution in [0.25, 0.3) is 0 Å². The predicted octanol–water partition coefficient (Wildman–Crippen LogP) is 9.48. The van der Waals surface area contributed by atoms with Crippen LogP contribution in [0.5, 0.6) is 0 Å². The summed E-state index contributed by atoms with van der Waals surface area (Å²) in [7, 11) is -4.79. The van der Waals surface area contributed by atoms with E-state index in [0.29, 0.717) is 19.3 Å². The van der Waals surface area contributed by atoms with Crippen LogP contribution in [0, 0.1) is 0 Å². The molecule has 0 heterocycles. The standard InChI is InChI=1S/C39H63O9P/c1-3-5-7-9-11-12-13-14-15-16-17-18-20-24-29-33-39(42)48-37(35-47-49(43,44)45)34-46-38(41)32-28-25-21-23-27-31-36(40)30-26-22-19-10-8-6-4-2/h5-8,11-12,14-15,17-19,22,26,30,36-37,40H,3-4,9-10,13,16,20-21,23-25,27-29,31-35H2,1-2H3,(H2,43,44,45)/b7-5-,8-6+,12-11-,15-14-,18-17-,22-19+,30-26+/t36?,37-/m1/s1. The second kappa shape index (κ2) is 33.7. The van der Waals surface area contributed by atoms with Crippen molar-refractivity contribution in [1.82, 2.24) is 0 Å². The Labute approximate surface area is 295 Å². The fraction of sp³-hybridized carbons (Fsp3) is 0.590. The van der Waals surface area contributed by atoms with Gasteiger partial charge in [-0.25, -0.2) is 4.57 Å². The van der Waals surface area contributed by atoms with Crippen molar-refractivity contribution in [2.45, 2.75) is 135 Å². The van der Waals surface area contributed by atoms with Crippen molar-refractivity contribution in [2.24, 2.45) is 0 Å². The van der Waals surface area contributed by atoms with Gasteiger partial charge in [-0.2, -0.15) is 0 Å². The van der Waals surface area contributed by atoms with E-state index in [2.05, 4.69) is 79.1 Å². The predicted molar refractivity (Wildman–Crippen MR) is 199 cm³/mol. The van der Waals surface area contributed by atoms with Gasteiger partial charge in [0.25, 0.3) is 0 Å². The summed E-state index contributed by atoms with van der Waals surface area (Å²) < 4.78 is 26.2. The lowest BCUT2D eigenvalue weighted by atomic mass is 10.1. The van der Waals surface area contributed by atoms with Crippen LogP contribution >= 0.6 is 7.82 Å². The fourth-order valence-corrected chi connectivity index (χ4v) is 4.73. The van der Waals surface area contributed by atoms with Gasteiger partial charge in [0.1, 0.15) is 6.61 Å². The first-order valence-corrected chi connectivity index (χ1v) is 19.5. The maximum Gasteiger partial charge on any atom is 0.469 e. The molecule has 0 amide bonds. The minimum atomic E-state index is -4.79. The zero-order valence-corrected chi connectivity index (χ0v) is 30.8. The molecule has 0 bridgehead atoms. The van der Waals surface area contributed by atoms with Crippen molar-refractivity contribution in [1.29, 1.82) is 0 Å². The van der Waals surface area contributed by atoms with E-state index in [9.17, 15) is 19.3 Å². The summed E-state index contributed by atoms with van der Waals surface area (Å²) in [6.07, 6.45) is 40.4. The third kappa shape index (κ3) is 36.3. The Bertz CT molecular complexity index is 1080. The van der Waals surface area contributed by atoms with Crippen molar-refractivity contribution in [3.05, 3.63) is 85.1 Å². The molecule has 49 heavy (non-hydrogen) atoms. The number of aliphatic hydroxyl groups is 1. The molecule has 3 N–H and O–H groups in total. The average Bonchev–Trinajstić information content (AvgIpc) is 3.06. The number of hydrogen-bond acceptors (Lipinski definition) is 7. The maximum absolute atomic E-state index is 12.3. The second-order valence-electron chi connectivity index (χ2n) is 11.6. The van der Waals surface area contributed by atoms with Gasteiger partial charge in [-0.15, -0.1) is 0 Å². The Kier molecular flexibility index (Phi) is 31.7. The van der Waals surface area contributed by atoms with E-state index < -0.39 is 38.6 Å². The highest BCUT2D eigenvalue weighted by Gasteiger charge is 2.22. The Hall–Kier alpha value is -2.81. The van der Waals surface area contributed by atoms with Gasteiger partial charge in [0, 0.05) is 12.8 Å². The first kappa shape index (κ1) is 46.2. The molecular weight excluding hydrogens is 643 g/mol. The molecule has 0 saturated heterocycles. The number of esters is 2. The number of allylic oxidation sites excluding steroid dienone is 13. The molecule has 0 aliphatic carbocycles. The summed E-state index contributed by atoms with van der Waals surface area (Å²) in [5.74, 6) is -1.02. The molecule has 0 aliphatic rings. The van der Waals surface area contributed by atoms with Crippen molar-refractivity contribution in [3.63, 3.8) is 0 Å². The van der Waals surface area contributed by atoms with Crippen LogP contribution in [0.4, 0.5) is 0 Å². The van der Waals surface area contributed by atoms with Crippen LogP contribution in [-0.2, 0) is 28.2 Å². The van der Waals surface area contributed by atoms with E-state index in [1.165, 1.54) is 0 Å². The molecule has 2 atom stereocenters. The smallest absolute Gasteiger partial charge is 0.462 e. The number of hydrogen-bond donors (Lipinski definition) is 3. The van der Waals surface area contributed by atoms with Gasteiger partial charge in [-0.05, 0) is 70.6 Å². The Balaban J connectivity index is 4.18. The molecule has 0 aromatic rings. The molecule has 1 unspecified atom stereocenters. The molecule has 0 aromatic carbocycles. The molecule has 278 valence electrons. The number of carbonyl (C=O) groups is 2. The van der Waals surface area contributed by atoms with Gasteiger partial charge < -0.3 is 24.4 Å². The molecule has 0 spiro atoms. The van der Waals surface area contributed by atoms with E-state index in [0.717, 1.165) is 77.0 Å². The monoisotopic (exact) mass is 706 g/mol. The number of aliphatic hydroxyl groups excluding tert-OH is 1. The number of ether oxygens (including phenoxy) is 2. The third-order valence-corrected chi connectivity index (χ3v) is 7.50. The zero-order valence-electron chi connectivity index (χ0n) is 29.9. The summed E-state index contributed by atoms with van der Waals surface area (Å²) in [6, 6.07) is 0. The van der Waals surface area contributed by atoms with Crippen molar-refractivity contribution < 1.29 is 43.0 Å². The highest BCUT2D eigenvalue weighted by molar-refractivity contribution is 7.46. The topological polar surface area (TPSA) is 140 Å². The lowest BCUT2D eigenvalue weighted by molar-refractivity contribution is -0.161. The quantitative estimate of drug-likeness (QED) is 0.0211. The van der Waals surface area contributed by atoms with Crippen molar-refractivity contribution >= 4 is 19.8 Å². The van der Waals surface area contributed by atoms with Gasteiger partial charge in [0.2, 0.25) is 0 Å². The fourth-order valence-electron chi connectivity index (χ4n) is 4.37. The van der Waals surface area contributed by atoms with E-state index in [1.807, 2.05) is 18.2 Å². The number of carbonyl (C=O) groups excluding carboxylic acids is 2. The lowest BCUT2D eigenvalue weighted by Crippen LogP contribution is -2.29. The summed E-state index contributed by atoms with van der Waals surface area (Å²) in [6.45, 7) is 3.29. The van der Waals surface area contributed by atoms with Gasteiger partial charge in [-0.3, -0.25) is 14.1 Å². The zero-order chi connectivity index (χ0) is 36.3. The van der Waals surface area contributed by atoms with Crippen molar-refractivity contribution in [3.8, 4) is 0 Å². The summed E-state index contributed by atoms with van der Waals surface area (Å²) in [5, 5.41) is 10.1. The van der Waals surface area contributed by atoms with Crippen LogP contribution < -0.4 is 0 Å². The molecule has 9 nitrogen and oxygen atoms in total. The van der Waals surface area contributed by atoms with E-state index in [1.54, 1.807) is 6.08 Å². The number of rotatable bonds is 31. The average molecular weight is 707 g/mol. The van der Waals surface area contributed by atoms with E-state index in [-0.39, 0.29) is 19.4 Å². The summed E-state index contributed by atoms with van der Waals surface area (Å²) in [5.41, 5.74) is 0. The summed E-state index contributed by atoms with van der Waals surface area (Å²) in [4.78, 5) is 42.7. The van der Waals surface area contributed by atoms with Crippen LogP contribution in [-0.4, -0.2) is 52.3 Å². The molecule has 0 saturated carbocycles. The molecule has 0 rings (SSSR count). The molecular formula is C39H63O9P. The normalized spacial score (nSPS) is 14.1.